The van der Waals surface area contributed by atoms with E-state index in [-0.39, 0.29) is 36.2 Å². The molecule has 3 saturated heterocycles. The van der Waals surface area contributed by atoms with E-state index in [1.54, 1.807) is 18.2 Å². The maximum atomic E-state index is 13.1. The second-order valence-electron chi connectivity index (χ2n) is 14.8. The summed E-state index contributed by atoms with van der Waals surface area (Å²) in [4.78, 5) is 69.7. The summed E-state index contributed by atoms with van der Waals surface area (Å²) in [6, 6.07) is 18.0. The second kappa shape index (κ2) is 14.8. The fraction of sp³-hybridized carbons (Fsp3) is 0.390. The van der Waals surface area contributed by atoms with Gasteiger partial charge < -0.3 is 19.3 Å². The Labute approximate surface area is 317 Å². The van der Waals surface area contributed by atoms with E-state index in [0.29, 0.717) is 18.1 Å². The van der Waals surface area contributed by atoms with Crippen LogP contribution >= 0.6 is 0 Å². The number of piperidine rings is 2. The fourth-order valence-corrected chi connectivity index (χ4v) is 8.03. The lowest BCUT2D eigenvalue weighted by Crippen LogP contribution is -2.54. The fourth-order valence-electron chi connectivity index (χ4n) is 8.03. The van der Waals surface area contributed by atoms with Crippen LogP contribution in [-0.4, -0.2) is 110 Å². The Morgan fingerprint density at radius 3 is 2.47 bits per heavy atom. The van der Waals surface area contributed by atoms with E-state index < -0.39 is 29.7 Å². The first-order valence-electron chi connectivity index (χ1n) is 19.2. The van der Waals surface area contributed by atoms with Crippen molar-refractivity contribution in [1.82, 2.24) is 34.5 Å². The summed E-state index contributed by atoms with van der Waals surface area (Å²) in [5, 5.41) is 2.22. The smallest absolute Gasteiger partial charge is 0.262 e. The largest absolute Gasteiger partial charge is 0.494 e. The van der Waals surface area contributed by atoms with Gasteiger partial charge in [0.05, 0.1) is 46.7 Å². The van der Waals surface area contributed by atoms with Gasteiger partial charge in [0.1, 0.15) is 17.6 Å². The third kappa shape index (κ3) is 7.03. The number of imide groups is 2. The molecule has 2 aromatic carbocycles. The van der Waals surface area contributed by atoms with Crippen molar-refractivity contribution in [2.24, 2.45) is 0 Å². The maximum Gasteiger partial charge on any atom is 0.262 e. The van der Waals surface area contributed by atoms with Crippen molar-refractivity contribution in [3.63, 3.8) is 0 Å². The molecule has 0 bridgehead atoms. The van der Waals surface area contributed by atoms with Gasteiger partial charge in [0.2, 0.25) is 17.6 Å². The number of para-hydroxylation sites is 2. The Kier molecular flexibility index (Phi) is 9.44. The molecule has 4 aliphatic rings. The molecule has 55 heavy (non-hydrogen) atoms. The number of unbranched alkanes of at least 4 members (excludes halogenated alkanes) is 2. The SMILES string of the molecule is O=C1CCC(N2C(=O)c3ccc(OCCCCCN4CCC(OC5CN(c6ccc(-c7ccn8c(n7)nc7ccccc78)cn6)C5)CC4)cc3C2=O)C(=O)N1. The van der Waals surface area contributed by atoms with Gasteiger partial charge in [0.15, 0.2) is 0 Å². The number of carbonyl (C=O) groups excluding carboxylic acids is 4. The van der Waals surface area contributed by atoms with E-state index >= 15 is 0 Å². The summed E-state index contributed by atoms with van der Waals surface area (Å²) in [5.41, 5.74) is 4.26. The third-order valence-electron chi connectivity index (χ3n) is 11.1. The summed E-state index contributed by atoms with van der Waals surface area (Å²) in [6.07, 6.45) is 9.67. The Balaban J connectivity index is 0.658. The number of imidazole rings is 1. The maximum absolute atomic E-state index is 13.1. The van der Waals surface area contributed by atoms with Gasteiger partial charge in [-0.25, -0.2) is 15.0 Å². The number of pyridine rings is 1. The molecule has 0 aliphatic carbocycles. The summed E-state index contributed by atoms with van der Waals surface area (Å²) in [7, 11) is 0. The summed E-state index contributed by atoms with van der Waals surface area (Å²) in [5.74, 6) is 0.0802. The van der Waals surface area contributed by atoms with Crippen LogP contribution in [0.4, 0.5) is 5.82 Å². The number of anilines is 1. The van der Waals surface area contributed by atoms with Crippen LogP contribution < -0.4 is 15.0 Å². The quantitative estimate of drug-likeness (QED) is 0.144. The van der Waals surface area contributed by atoms with Gasteiger partial charge in [-0.15, -0.1) is 0 Å². The molecule has 0 saturated carbocycles. The van der Waals surface area contributed by atoms with Crippen LogP contribution in [0, 0.1) is 0 Å². The molecule has 1 N–H and O–H groups in total. The van der Waals surface area contributed by atoms with Crippen molar-refractivity contribution in [3.05, 3.63) is 84.2 Å². The first kappa shape index (κ1) is 35.0. The van der Waals surface area contributed by atoms with Crippen molar-refractivity contribution < 1.29 is 28.7 Å². The normalized spacial score (nSPS) is 19.7. The molecule has 14 heteroatoms. The predicted octanol–water partition coefficient (Wildman–Crippen LogP) is 4.26. The second-order valence-corrected chi connectivity index (χ2v) is 14.8. The predicted molar refractivity (Wildman–Crippen MR) is 203 cm³/mol. The summed E-state index contributed by atoms with van der Waals surface area (Å²) >= 11 is 0. The highest BCUT2D eigenvalue weighted by molar-refractivity contribution is 6.23. The molecule has 0 radical (unpaired) electrons. The third-order valence-corrected chi connectivity index (χ3v) is 11.1. The number of fused-ring (bicyclic) bond motifs is 4. The summed E-state index contributed by atoms with van der Waals surface area (Å²) < 4.78 is 14.4. The molecule has 4 aliphatic heterocycles. The van der Waals surface area contributed by atoms with Gasteiger partial charge in [-0.05, 0) is 93.6 Å². The van der Waals surface area contributed by atoms with E-state index in [9.17, 15) is 19.2 Å². The van der Waals surface area contributed by atoms with Gasteiger partial charge in [-0.3, -0.25) is 33.8 Å². The topological polar surface area (TPSA) is 152 Å². The van der Waals surface area contributed by atoms with Crippen LogP contribution in [0.15, 0.2) is 73.1 Å². The molecule has 3 aromatic heterocycles. The molecule has 7 heterocycles. The highest BCUT2D eigenvalue weighted by Crippen LogP contribution is 2.31. The molecule has 9 rings (SSSR count). The van der Waals surface area contributed by atoms with Crippen LogP contribution in [0.3, 0.4) is 0 Å². The number of aromatic nitrogens is 4. The standard InChI is InChI=1S/C41H42N8O6/c50-37-13-11-35(38(51)45-37)49-39(52)30-10-9-28(22-31(30)40(49)53)54-21-5-1-4-17-46-18-14-27(15-19-46)55-29-24-47(25-29)36-12-8-26(23-42-36)32-16-20-48-34-7-3-2-6-33(34)44-41(48)43-32/h2-3,6-10,12,16,20,22-23,27,29,35H,1,4-5,11,13-15,17-19,21,24-25H2,(H,45,50,51). The molecule has 14 nitrogen and oxygen atoms in total. The molecular formula is C41H42N8O6. The lowest BCUT2D eigenvalue weighted by Gasteiger charge is -2.43. The number of nitrogens with one attached hydrogen (secondary N) is 1. The number of nitrogens with zero attached hydrogens (tertiary/aromatic N) is 7. The zero-order valence-corrected chi connectivity index (χ0v) is 30.4. The first-order valence-corrected chi connectivity index (χ1v) is 19.2. The van der Waals surface area contributed by atoms with Crippen LogP contribution in [0.2, 0.25) is 0 Å². The number of amides is 4. The monoisotopic (exact) mass is 742 g/mol. The van der Waals surface area contributed by atoms with E-state index in [0.717, 1.165) is 97.8 Å². The number of benzene rings is 2. The van der Waals surface area contributed by atoms with E-state index in [1.165, 1.54) is 0 Å². The van der Waals surface area contributed by atoms with Gasteiger partial charge in [-0.1, -0.05) is 12.1 Å². The average molecular weight is 743 g/mol. The molecular weight excluding hydrogens is 701 g/mol. The van der Waals surface area contributed by atoms with E-state index in [4.69, 9.17) is 19.4 Å². The molecule has 282 valence electrons. The first-order chi connectivity index (χ1) is 26.9. The van der Waals surface area contributed by atoms with Gasteiger partial charge in [0.25, 0.3) is 11.8 Å². The van der Waals surface area contributed by atoms with Crippen molar-refractivity contribution in [3.8, 4) is 17.0 Å². The Hall–Kier alpha value is -5.73. The zero-order valence-electron chi connectivity index (χ0n) is 30.4. The minimum atomic E-state index is -0.980. The van der Waals surface area contributed by atoms with Crippen LogP contribution in [0.5, 0.6) is 5.75 Å². The van der Waals surface area contributed by atoms with Crippen molar-refractivity contribution >= 4 is 46.3 Å². The molecule has 4 amide bonds. The lowest BCUT2D eigenvalue weighted by atomic mass is 10.0. The van der Waals surface area contributed by atoms with Crippen molar-refractivity contribution in [2.75, 3.05) is 44.2 Å². The molecule has 1 atom stereocenters. The van der Waals surface area contributed by atoms with Crippen molar-refractivity contribution in [1.29, 1.82) is 0 Å². The van der Waals surface area contributed by atoms with Crippen LogP contribution in [-0.2, 0) is 14.3 Å². The minimum absolute atomic E-state index is 0.0878. The van der Waals surface area contributed by atoms with Crippen molar-refractivity contribution in [2.45, 2.75) is 63.2 Å². The Bertz CT molecular complexity index is 2280. The zero-order chi connectivity index (χ0) is 37.5. The molecule has 5 aromatic rings. The Morgan fingerprint density at radius 1 is 0.818 bits per heavy atom. The number of hydrogen-bond acceptors (Lipinski definition) is 11. The highest BCUT2D eigenvalue weighted by atomic mass is 16.5. The van der Waals surface area contributed by atoms with Gasteiger partial charge in [0, 0.05) is 50.6 Å². The summed E-state index contributed by atoms with van der Waals surface area (Å²) in [6.45, 7) is 5.31. The number of ether oxygens (including phenoxy) is 2. The van der Waals surface area contributed by atoms with E-state index in [1.807, 2.05) is 47.1 Å². The van der Waals surface area contributed by atoms with Gasteiger partial charge >= 0.3 is 0 Å². The minimum Gasteiger partial charge on any atom is -0.494 e. The number of rotatable bonds is 12. The lowest BCUT2D eigenvalue weighted by molar-refractivity contribution is -0.136. The molecule has 1 unspecified atom stereocenters. The molecule has 3 fully saturated rings. The number of likely N-dealkylation sites (tertiary alicyclic amines) is 1. The van der Waals surface area contributed by atoms with Gasteiger partial charge in [-0.2, -0.15) is 0 Å². The number of hydrogen-bond donors (Lipinski definition) is 1. The molecule has 0 spiro atoms. The van der Waals surface area contributed by atoms with Crippen LogP contribution in [0.25, 0.3) is 28.1 Å². The van der Waals surface area contributed by atoms with E-state index in [2.05, 4.69) is 32.2 Å². The van der Waals surface area contributed by atoms with Crippen LogP contribution in [0.1, 0.15) is 65.7 Å². The highest BCUT2D eigenvalue weighted by Gasteiger charge is 2.44. The number of carbonyl (C=O) groups is 4. The average Bonchev–Trinajstić information content (AvgIpc) is 3.68. The Morgan fingerprint density at radius 2 is 1.65 bits per heavy atom.